The van der Waals surface area contributed by atoms with Crippen molar-refractivity contribution >= 4 is 51.4 Å². The number of nitrogens with zero attached hydrogens (tertiary/aromatic N) is 5. The fourth-order valence-corrected chi connectivity index (χ4v) is 4.20. The number of thiazole rings is 2. The maximum absolute atomic E-state index is 11.5. The first-order valence-corrected chi connectivity index (χ1v) is 9.56. The van der Waals surface area contributed by atoms with E-state index in [-0.39, 0.29) is 0 Å². The molecule has 0 fully saturated rings. The molecular formula is C16H18N6O2S2. The molecule has 10 heteroatoms. The number of nitrogens with two attached hydrogens (primary N) is 1. The van der Waals surface area contributed by atoms with Gasteiger partial charge in [-0.2, -0.15) is 5.10 Å². The van der Waals surface area contributed by atoms with Crippen LogP contribution in [0.15, 0.2) is 10.5 Å². The number of fused-ring (bicyclic) bond motifs is 1. The van der Waals surface area contributed by atoms with Crippen LogP contribution in [0.25, 0.3) is 10.3 Å². The molecule has 26 heavy (non-hydrogen) atoms. The van der Waals surface area contributed by atoms with Crippen molar-refractivity contribution in [3.63, 3.8) is 0 Å². The zero-order valence-corrected chi connectivity index (χ0v) is 16.2. The van der Waals surface area contributed by atoms with Crippen LogP contribution >= 0.6 is 22.7 Å². The standard InChI is InChI=1S/C16H18N6O2S2/c1-4-21(2)18-6-10-11(7-23)22(3)15-13(10)26-12(20-15)5-9-8-25-16(19-9)14(17)24/h6-8H,4-5H2,1-3H3,(H2,17,24)/b18-6-. The summed E-state index contributed by atoms with van der Waals surface area (Å²) in [6.07, 6.45) is 3.03. The van der Waals surface area contributed by atoms with Crippen molar-refractivity contribution in [2.24, 2.45) is 17.9 Å². The average Bonchev–Trinajstić information content (AvgIpc) is 3.29. The molecule has 0 aliphatic rings. The Kier molecular flexibility index (Phi) is 5.14. The summed E-state index contributed by atoms with van der Waals surface area (Å²) in [5, 5.41) is 9.09. The van der Waals surface area contributed by atoms with Gasteiger partial charge in [-0.3, -0.25) is 9.59 Å². The molecule has 0 spiro atoms. The first-order valence-electron chi connectivity index (χ1n) is 7.87. The fourth-order valence-electron chi connectivity index (χ4n) is 2.41. The van der Waals surface area contributed by atoms with Gasteiger partial charge in [-0.15, -0.1) is 22.7 Å². The van der Waals surface area contributed by atoms with E-state index >= 15 is 0 Å². The number of carbonyl (C=O) groups excluding carboxylic acids is 2. The first kappa shape index (κ1) is 18.2. The number of hydrogen-bond donors (Lipinski definition) is 1. The van der Waals surface area contributed by atoms with Crippen LogP contribution in [-0.4, -0.2) is 51.5 Å². The van der Waals surface area contributed by atoms with Crippen molar-refractivity contribution in [3.8, 4) is 0 Å². The molecule has 2 N–H and O–H groups in total. The van der Waals surface area contributed by atoms with E-state index in [0.717, 1.165) is 39.4 Å². The van der Waals surface area contributed by atoms with Crippen LogP contribution in [0.1, 0.15) is 43.5 Å². The van der Waals surface area contributed by atoms with Crippen LogP contribution in [0.2, 0.25) is 0 Å². The van der Waals surface area contributed by atoms with Gasteiger partial charge in [-0.25, -0.2) is 9.97 Å². The van der Waals surface area contributed by atoms with E-state index in [4.69, 9.17) is 5.73 Å². The molecule has 0 atom stereocenters. The number of carbonyl (C=O) groups is 2. The smallest absolute Gasteiger partial charge is 0.277 e. The van der Waals surface area contributed by atoms with E-state index in [9.17, 15) is 9.59 Å². The Morgan fingerprint density at radius 1 is 1.46 bits per heavy atom. The predicted octanol–water partition coefficient (Wildman–Crippen LogP) is 1.88. The molecule has 0 radical (unpaired) electrons. The molecule has 8 nitrogen and oxygen atoms in total. The molecule has 1 amide bonds. The quantitative estimate of drug-likeness (QED) is 0.377. The van der Waals surface area contributed by atoms with Gasteiger partial charge in [0.05, 0.1) is 22.3 Å². The number of primary amides is 1. The maximum Gasteiger partial charge on any atom is 0.277 e. The molecule has 0 saturated carbocycles. The number of hydrazone groups is 1. The molecule has 3 rings (SSSR count). The lowest BCUT2D eigenvalue weighted by Crippen LogP contribution is -2.10. The summed E-state index contributed by atoms with van der Waals surface area (Å²) in [5.41, 5.74) is 8.04. The minimum Gasteiger partial charge on any atom is -0.364 e. The predicted molar refractivity (Wildman–Crippen MR) is 103 cm³/mol. The third-order valence-electron chi connectivity index (χ3n) is 3.90. The van der Waals surface area contributed by atoms with Gasteiger partial charge in [0.25, 0.3) is 5.91 Å². The zero-order chi connectivity index (χ0) is 18.8. The molecule has 136 valence electrons. The molecule has 0 bridgehead atoms. The van der Waals surface area contributed by atoms with Crippen molar-refractivity contribution in [1.82, 2.24) is 19.5 Å². The number of amides is 1. The third kappa shape index (κ3) is 3.37. The van der Waals surface area contributed by atoms with E-state index in [1.165, 1.54) is 22.7 Å². The summed E-state index contributed by atoms with van der Waals surface area (Å²) in [4.78, 5) is 31.5. The highest BCUT2D eigenvalue weighted by molar-refractivity contribution is 7.19. The number of aldehydes is 1. The summed E-state index contributed by atoms with van der Waals surface area (Å²) in [6.45, 7) is 2.76. The first-order chi connectivity index (χ1) is 12.4. The molecule has 0 aliphatic carbocycles. The van der Waals surface area contributed by atoms with E-state index in [1.807, 2.05) is 26.4 Å². The van der Waals surface area contributed by atoms with Crippen molar-refractivity contribution in [2.45, 2.75) is 13.3 Å². The van der Waals surface area contributed by atoms with Gasteiger partial charge >= 0.3 is 0 Å². The van der Waals surface area contributed by atoms with Crippen molar-refractivity contribution in [1.29, 1.82) is 0 Å². The molecule has 0 unspecified atom stereocenters. The Labute approximate surface area is 158 Å². The van der Waals surface area contributed by atoms with Gasteiger partial charge in [0, 0.05) is 38.0 Å². The molecule has 0 aromatic carbocycles. The van der Waals surface area contributed by atoms with Crippen LogP contribution in [0.5, 0.6) is 0 Å². The van der Waals surface area contributed by atoms with E-state index in [2.05, 4.69) is 15.1 Å². The van der Waals surface area contributed by atoms with Gasteiger partial charge in [-0.1, -0.05) is 0 Å². The Balaban J connectivity index is 1.98. The Bertz CT molecular complexity index is 1000. The molecule has 0 saturated heterocycles. The van der Waals surface area contributed by atoms with Gasteiger partial charge in [0.2, 0.25) is 0 Å². The van der Waals surface area contributed by atoms with Gasteiger partial charge in [0.1, 0.15) is 5.01 Å². The highest BCUT2D eigenvalue weighted by Crippen LogP contribution is 2.30. The minimum absolute atomic E-state index is 0.291. The second-order valence-electron chi connectivity index (χ2n) is 5.64. The molecule has 3 heterocycles. The van der Waals surface area contributed by atoms with Crippen LogP contribution in [0.3, 0.4) is 0 Å². The summed E-state index contributed by atoms with van der Waals surface area (Å²) in [7, 11) is 3.68. The number of aryl methyl sites for hydroxylation is 1. The van der Waals surface area contributed by atoms with E-state index < -0.39 is 5.91 Å². The Morgan fingerprint density at radius 2 is 2.23 bits per heavy atom. The molecular weight excluding hydrogens is 372 g/mol. The summed E-state index contributed by atoms with van der Waals surface area (Å²) in [5.74, 6) is -0.528. The highest BCUT2D eigenvalue weighted by atomic mass is 32.1. The second-order valence-corrected chi connectivity index (χ2v) is 7.58. The monoisotopic (exact) mass is 390 g/mol. The SMILES string of the molecule is CCN(C)/N=C\c1c(C=O)n(C)c2nc(Cc3csc(C(N)=O)n3)sc12. The number of rotatable bonds is 7. The number of aromatic nitrogens is 3. The summed E-state index contributed by atoms with van der Waals surface area (Å²) in [6, 6.07) is 0. The normalized spacial score (nSPS) is 11.5. The van der Waals surface area contributed by atoms with Crippen molar-refractivity contribution in [3.05, 3.63) is 32.3 Å². The topological polar surface area (TPSA) is 106 Å². The maximum atomic E-state index is 11.5. The van der Waals surface area contributed by atoms with Crippen LogP contribution in [0.4, 0.5) is 0 Å². The van der Waals surface area contributed by atoms with Crippen LogP contribution < -0.4 is 5.73 Å². The molecule has 3 aromatic rings. The molecule has 3 aromatic heterocycles. The van der Waals surface area contributed by atoms with Gasteiger partial charge < -0.3 is 15.3 Å². The van der Waals surface area contributed by atoms with E-state index in [1.54, 1.807) is 15.8 Å². The Morgan fingerprint density at radius 3 is 2.85 bits per heavy atom. The lowest BCUT2D eigenvalue weighted by molar-refractivity contribution is 0.0999. The van der Waals surface area contributed by atoms with Crippen LogP contribution in [-0.2, 0) is 13.5 Å². The minimum atomic E-state index is -0.528. The lowest BCUT2D eigenvalue weighted by atomic mass is 10.3. The third-order valence-corrected chi connectivity index (χ3v) is 5.88. The lowest BCUT2D eigenvalue weighted by Gasteiger charge is -2.07. The highest BCUT2D eigenvalue weighted by Gasteiger charge is 2.19. The van der Waals surface area contributed by atoms with Gasteiger partial charge in [-0.05, 0) is 6.92 Å². The summed E-state index contributed by atoms with van der Waals surface area (Å²) < 4.78 is 2.68. The van der Waals surface area contributed by atoms with Crippen molar-refractivity contribution < 1.29 is 9.59 Å². The number of hydrogen-bond acceptors (Lipinski definition) is 8. The van der Waals surface area contributed by atoms with Gasteiger partial charge in [0.15, 0.2) is 16.9 Å². The molecule has 0 aliphatic heterocycles. The zero-order valence-electron chi connectivity index (χ0n) is 14.6. The van der Waals surface area contributed by atoms with E-state index in [0.29, 0.717) is 17.1 Å². The van der Waals surface area contributed by atoms with Crippen LogP contribution in [0, 0.1) is 0 Å². The second kappa shape index (κ2) is 7.34. The Hall–Kier alpha value is -2.59. The fraction of sp³-hybridized carbons (Fsp3) is 0.312. The van der Waals surface area contributed by atoms with Crippen molar-refractivity contribution in [2.75, 3.05) is 13.6 Å². The largest absolute Gasteiger partial charge is 0.364 e. The average molecular weight is 390 g/mol. The summed E-state index contributed by atoms with van der Waals surface area (Å²) >= 11 is 2.72.